The predicted octanol–water partition coefficient (Wildman–Crippen LogP) is 5.27. The molecule has 84 valence electrons. The molecular weight excluding hydrogens is 273 g/mol. The number of hydrogen-bond donors (Lipinski definition) is 0. The summed E-state index contributed by atoms with van der Waals surface area (Å²) in [5, 5.41) is 2.43. The minimum Gasteiger partial charge on any atom is -0.236 e. The Kier molecular flexibility index (Phi) is 2.79. The quantitative estimate of drug-likeness (QED) is 0.591. The highest BCUT2D eigenvalue weighted by atomic mass is 35.5. The molecule has 0 N–H and O–H groups in total. The second kappa shape index (κ2) is 4.30. The summed E-state index contributed by atoms with van der Waals surface area (Å²) in [6, 6.07) is 13.4. The molecule has 3 rings (SSSR count). The fraction of sp³-hybridized carbons (Fsp3) is 0. The summed E-state index contributed by atoms with van der Waals surface area (Å²) >= 11 is 13.5. The fourth-order valence-corrected chi connectivity index (χ4v) is 2.86. The SMILES string of the molecule is Clc1ccc(-c2nc3cc(Cl)ccc3s2)cc1. The Morgan fingerprint density at radius 1 is 0.882 bits per heavy atom. The summed E-state index contributed by atoms with van der Waals surface area (Å²) in [6.07, 6.45) is 0. The van der Waals surface area contributed by atoms with Crippen molar-refractivity contribution in [3.05, 3.63) is 52.5 Å². The van der Waals surface area contributed by atoms with Crippen LogP contribution in [-0.2, 0) is 0 Å². The Morgan fingerprint density at radius 3 is 2.35 bits per heavy atom. The standard InChI is InChI=1S/C13H7Cl2NS/c14-9-3-1-8(2-4-9)13-16-11-7-10(15)5-6-12(11)17-13/h1-7H. The Hall–Kier alpha value is -1.09. The molecule has 0 aliphatic rings. The number of nitrogens with zero attached hydrogens (tertiary/aromatic N) is 1. The molecule has 0 spiro atoms. The van der Waals surface area contributed by atoms with Gasteiger partial charge in [0.15, 0.2) is 0 Å². The maximum Gasteiger partial charge on any atom is 0.124 e. The van der Waals surface area contributed by atoms with E-state index in [2.05, 4.69) is 4.98 Å². The number of aromatic nitrogens is 1. The maximum absolute atomic E-state index is 5.94. The van der Waals surface area contributed by atoms with Crippen LogP contribution in [-0.4, -0.2) is 4.98 Å². The highest BCUT2D eigenvalue weighted by Gasteiger charge is 2.06. The first-order chi connectivity index (χ1) is 8.22. The summed E-state index contributed by atoms with van der Waals surface area (Å²) in [4.78, 5) is 4.56. The molecule has 0 radical (unpaired) electrons. The van der Waals surface area contributed by atoms with Gasteiger partial charge in [0.05, 0.1) is 10.2 Å². The van der Waals surface area contributed by atoms with Crippen molar-refractivity contribution in [2.75, 3.05) is 0 Å². The molecule has 4 heteroatoms. The maximum atomic E-state index is 5.94. The zero-order chi connectivity index (χ0) is 11.8. The third kappa shape index (κ3) is 2.16. The molecular formula is C13H7Cl2NS. The topological polar surface area (TPSA) is 12.9 Å². The van der Waals surface area contributed by atoms with Crippen LogP contribution in [0, 0.1) is 0 Å². The van der Waals surface area contributed by atoms with Gasteiger partial charge in [-0.05, 0) is 30.3 Å². The molecule has 0 fully saturated rings. The Balaban J connectivity index is 2.14. The van der Waals surface area contributed by atoms with E-state index in [0.717, 1.165) is 25.8 Å². The number of rotatable bonds is 1. The lowest BCUT2D eigenvalue weighted by Gasteiger charge is -1.94. The van der Waals surface area contributed by atoms with Crippen LogP contribution in [0.1, 0.15) is 0 Å². The Labute approximate surface area is 113 Å². The van der Waals surface area contributed by atoms with Crippen LogP contribution in [0.15, 0.2) is 42.5 Å². The van der Waals surface area contributed by atoms with Crippen LogP contribution in [0.3, 0.4) is 0 Å². The van der Waals surface area contributed by atoms with Gasteiger partial charge in [0.25, 0.3) is 0 Å². The fourth-order valence-electron chi connectivity index (χ4n) is 1.62. The minimum absolute atomic E-state index is 0.713. The summed E-state index contributed by atoms with van der Waals surface area (Å²) in [5.74, 6) is 0. The zero-order valence-electron chi connectivity index (χ0n) is 8.65. The lowest BCUT2D eigenvalue weighted by Crippen LogP contribution is -1.74. The molecule has 1 nitrogen and oxygen atoms in total. The normalized spacial score (nSPS) is 10.9. The van der Waals surface area contributed by atoms with Crippen molar-refractivity contribution in [2.24, 2.45) is 0 Å². The van der Waals surface area contributed by atoms with Crippen LogP contribution in [0.5, 0.6) is 0 Å². The molecule has 0 aliphatic carbocycles. The highest BCUT2D eigenvalue weighted by molar-refractivity contribution is 7.21. The Morgan fingerprint density at radius 2 is 1.59 bits per heavy atom. The van der Waals surface area contributed by atoms with Gasteiger partial charge in [-0.3, -0.25) is 0 Å². The van der Waals surface area contributed by atoms with Gasteiger partial charge in [0, 0.05) is 15.6 Å². The van der Waals surface area contributed by atoms with E-state index < -0.39 is 0 Å². The summed E-state index contributed by atoms with van der Waals surface area (Å²) in [5.41, 5.74) is 2.01. The molecule has 1 aromatic heterocycles. The highest BCUT2D eigenvalue weighted by Crippen LogP contribution is 2.31. The second-order valence-electron chi connectivity index (χ2n) is 3.64. The van der Waals surface area contributed by atoms with Gasteiger partial charge >= 0.3 is 0 Å². The number of hydrogen-bond acceptors (Lipinski definition) is 2. The molecule has 2 aromatic carbocycles. The van der Waals surface area contributed by atoms with Crippen molar-refractivity contribution < 1.29 is 0 Å². The van der Waals surface area contributed by atoms with E-state index in [1.165, 1.54) is 0 Å². The zero-order valence-corrected chi connectivity index (χ0v) is 11.0. The van der Waals surface area contributed by atoms with Crippen molar-refractivity contribution in [3.8, 4) is 10.6 Å². The molecule has 0 saturated carbocycles. The molecule has 3 aromatic rings. The van der Waals surface area contributed by atoms with Crippen LogP contribution in [0.2, 0.25) is 10.0 Å². The van der Waals surface area contributed by atoms with E-state index in [1.54, 1.807) is 11.3 Å². The number of halogens is 2. The molecule has 0 aliphatic heterocycles. The summed E-state index contributed by atoms with van der Waals surface area (Å²) in [6.45, 7) is 0. The van der Waals surface area contributed by atoms with E-state index >= 15 is 0 Å². The van der Waals surface area contributed by atoms with E-state index in [4.69, 9.17) is 23.2 Å². The molecule has 0 saturated heterocycles. The first-order valence-electron chi connectivity index (χ1n) is 5.04. The van der Waals surface area contributed by atoms with Crippen molar-refractivity contribution in [1.29, 1.82) is 0 Å². The van der Waals surface area contributed by atoms with Gasteiger partial charge in [-0.2, -0.15) is 0 Å². The van der Waals surface area contributed by atoms with Crippen LogP contribution < -0.4 is 0 Å². The van der Waals surface area contributed by atoms with Gasteiger partial charge in [0.2, 0.25) is 0 Å². The third-order valence-electron chi connectivity index (χ3n) is 2.44. The monoisotopic (exact) mass is 279 g/mol. The van der Waals surface area contributed by atoms with E-state index in [1.807, 2.05) is 42.5 Å². The molecule has 17 heavy (non-hydrogen) atoms. The van der Waals surface area contributed by atoms with Crippen molar-refractivity contribution in [1.82, 2.24) is 4.98 Å². The second-order valence-corrected chi connectivity index (χ2v) is 5.54. The van der Waals surface area contributed by atoms with E-state index in [0.29, 0.717) is 5.02 Å². The van der Waals surface area contributed by atoms with Crippen LogP contribution in [0.25, 0.3) is 20.8 Å². The van der Waals surface area contributed by atoms with Crippen molar-refractivity contribution in [2.45, 2.75) is 0 Å². The molecule has 0 amide bonds. The van der Waals surface area contributed by atoms with Crippen molar-refractivity contribution >= 4 is 44.8 Å². The smallest absolute Gasteiger partial charge is 0.124 e. The Bertz CT molecular complexity index is 673. The summed E-state index contributed by atoms with van der Waals surface area (Å²) < 4.78 is 1.14. The average Bonchev–Trinajstić information content (AvgIpc) is 2.72. The van der Waals surface area contributed by atoms with Gasteiger partial charge in [0.1, 0.15) is 5.01 Å². The largest absolute Gasteiger partial charge is 0.236 e. The molecule has 1 heterocycles. The van der Waals surface area contributed by atoms with Crippen LogP contribution >= 0.6 is 34.5 Å². The first kappa shape index (κ1) is 11.0. The first-order valence-corrected chi connectivity index (χ1v) is 6.62. The van der Waals surface area contributed by atoms with Crippen molar-refractivity contribution in [3.63, 3.8) is 0 Å². The number of thiazole rings is 1. The lowest BCUT2D eigenvalue weighted by atomic mass is 10.2. The predicted molar refractivity (Wildman–Crippen MR) is 75.1 cm³/mol. The van der Waals surface area contributed by atoms with Crippen LogP contribution in [0.4, 0.5) is 0 Å². The minimum atomic E-state index is 0.713. The van der Waals surface area contributed by atoms with Gasteiger partial charge in [-0.1, -0.05) is 35.3 Å². The summed E-state index contributed by atoms with van der Waals surface area (Å²) in [7, 11) is 0. The van der Waals surface area contributed by atoms with Gasteiger partial charge < -0.3 is 0 Å². The third-order valence-corrected chi connectivity index (χ3v) is 4.01. The van der Waals surface area contributed by atoms with Gasteiger partial charge in [-0.25, -0.2) is 4.98 Å². The lowest BCUT2D eigenvalue weighted by molar-refractivity contribution is 1.48. The number of benzene rings is 2. The molecule has 0 atom stereocenters. The van der Waals surface area contributed by atoms with Gasteiger partial charge in [-0.15, -0.1) is 11.3 Å². The number of fused-ring (bicyclic) bond motifs is 1. The van der Waals surface area contributed by atoms with E-state index in [9.17, 15) is 0 Å². The van der Waals surface area contributed by atoms with E-state index in [-0.39, 0.29) is 0 Å². The average molecular weight is 280 g/mol. The molecule has 0 bridgehead atoms. The molecule has 0 unspecified atom stereocenters.